The minimum atomic E-state index is -3.89. The molecule has 1 aromatic carbocycles. The third kappa shape index (κ3) is 5.21. The Morgan fingerprint density at radius 1 is 1.21 bits per heavy atom. The number of esters is 1. The summed E-state index contributed by atoms with van der Waals surface area (Å²) in [6.07, 6.45) is 0.608. The lowest BCUT2D eigenvalue weighted by molar-refractivity contribution is 0.0527. The number of methoxy groups -OCH3 is 1. The minimum Gasteiger partial charge on any atom is -0.495 e. The maximum atomic E-state index is 13.2. The van der Waals surface area contributed by atoms with Crippen LogP contribution in [0.1, 0.15) is 45.0 Å². The third-order valence-electron chi connectivity index (χ3n) is 5.28. The van der Waals surface area contributed by atoms with E-state index in [-0.39, 0.29) is 35.9 Å². The number of sulfonamides is 1. The lowest BCUT2D eigenvalue weighted by Crippen LogP contribution is -2.40. The van der Waals surface area contributed by atoms with E-state index in [0.717, 1.165) is 10.4 Å². The van der Waals surface area contributed by atoms with Crippen LogP contribution in [0, 0.1) is 6.92 Å². The van der Waals surface area contributed by atoms with Crippen molar-refractivity contribution in [2.45, 2.75) is 32.1 Å². The van der Waals surface area contributed by atoms with Crippen molar-refractivity contribution in [2.75, 3.05) is 45.3 Å². The topological polar surface area (TPSA) is 111 Å². The second kappa shape index (κ2) is 10.6. The molecule has 0 spiro atoms. The van der Waals surface area contributed by atoms with Gasteiger partial charge in [-0.25, -0.2) is 13.2 Å². The van der Waals surface area contributed by atoms with Crippen molar-refractivity contribution in [1.29, 1.82) is 0 Å². The molecule has 0 saturated carbocycles. The summed E-state index contributed by atoms with van der Waals surface area (Å²) < 4.78 is 43.4. The number of hydrogen-bond donors (Lipinski definition) is 1. The summed E-state index contributed by atoms with van der Waals surface area (Å²) in [5.41, 5.74) is 1.28. The zero-order valence-electron chi connectivity index (χ0n) is 19.1. The highest BCUT2D eigenvalue weighted by Gasteiger charge is 2.30. The first-order valence-electron chi connectivity index (χ1n) is 10.6. The van der Waals surface area contributed by atoms with E-state index in [4.69, 9.17) is 14.2 Å². The fourth-order valence-corrected chi connectivity index (χ4v) is 6.35. The van der Waals surface area contributed by atoms with E-state index in [2.05, 4.69) is 5.32 Å². The summed E-state index contributed by atoms with van der Waals surface area (Å²) in [5.74, 6) is -0.893. The van der Waals surface area contributed by atoms with Gasteiger partial charge in [-0.05, 0) is 44.0 Å². The Hall–Kier alpha value is -2.47. The second-order valence-corrected chi connectivity index (χ2v) is 10.4. The maximum absolute atomic E-state index is 13.2. The van der Waals surface area contributed by atoms with Crippen molar-refractivity contribution in [3.05, 3.63) is 39.8 Å². The molecule has 2 heterocycles. The summed E-state index contributed by atoms with van der Waals surface area (Å²) in [6.45, 7) is 6.78. The zero-order valence-corrected chi connectivity index (χ0v) is 20.7. The van der Waals surface area contributed by atoms with Crippen LogP contribution in [0.3, 0.4) is 0 Å². The molecule has 1 aromatic heterocycles. The molecule has 1 amide bonds. The number of amides is 1. The molecule has 1 saturated heterocycles. The van der Waals surface area contributed by atoms with Crippen molar-refractivity contribution in [3.63, 3.8) is 0 Å². The van der Waals surface area contributed by atoms with E-state index in [1.54, 1.807) is 6.92 Å². The average Bonchev–Trinajstić information content (AvgIpc) is 3.13. The Bertz CT molecular complexity index is 1140. The monoisotopic (exact) mass is 496 g/mol. The number of nitrogens with one attached hydrogen (secondary N) is 1. The van der Waals surface area contributed by atoms with Crippen molar-refractivity contribution < 1.29 is 32.2 Å². The molecular weight excluding hydrogens is 468 g/mol. The lowest BCUT2D eigenvalue weighted by atomic mass is 10.1. The molecular formula is C22H28N2O7S2. The molecule has 9 nitrogen and oxygen atoms in total. The Kier molecular flexibility index (Phi) is 8.11. The summed E-state index contributed by atoms with van der Waals surface area (Å²) >= 11 is 1.29. The second-order valence-electron chi connectivity index (χ2n) is 7.25. The highest BCUT2D eigenvalue weighted by atomic mass is 32.2. The average molecular weight is 497 g/mol. The fraction of sp³-hybridized carbons (Fsp3) is 0.455. The molecule has 1 N–H and O–H groups in total. The molecule has 1 aliphatic heterocycles. The number of anilines is 1. The largest absolute Gasteiger partial charge is 0.495 e. The van der Waals surface area contributed by atoms with E-state index in [9.17, 15) is 18.0 Å². The maximum Gasteiger partial charge on any atom is 0.341 e. The first kappa shape index (κ1) is 25.2. The van der Waals surface area contributed by atoms with Gasteiger partial charge in [-0.2, -0.15) is 4.31 Å². The summed E-state index contributed by atoms with van der Waals surface area (Å²) in [7, 11) is -2.52. The number of hydrogen-bond acceptors (Lipinski definition) is 8. The predicted molar refractivity (Wildman–Crippen MR) is 125 cm³/mol. The highest BCUT2D eigenvalue weighted by molar-refractivity contribution is 7.89. The van der Waals surface area contributed by atoms with Gasteiger partial charge in [0.15, 0.2) is 0 Å². The van der Waals surface area contributed by atoms with Crippen molar-refractivity contribution in [1.82, 2.24) is 4.31 Å². The first-order valence-corrected chi connectivity index (χ1v) is 12.9. The molecule has 3 rings (SSSR count). The standard InChI is InChI=1S/C22H28N2O7S2/c1-5-16-14(3)32-21(19(16)22(26)31-6-2)23-20(25)15-7-8-17(29-4)18(13-15)33(27,28)24-9-11-30-12-10-24/h7-8,13H,5-6,9-12H2,1-4H3,(H,23,25). The molecule has 2 aromatic rings. The van der Waals surface area contributed by atoms with E-state index >= 15 is 0 Å². The Morgan fingerprint density at radius 3 is 2.52 bits per heavy atom. The number of benzene rings is 1. The van der Waals surface area contributed by atoms with Gasteiger partial charge in [0, 0.05) is 23.5 Å². The smallest absolute Gasteiger partial charge is 0.341 e. The van der Waals surface area contributed by atoms with Crippen molar-refractivity contribution in [2.24, 2.45) is 0 Å². The van der Waals surface area contributed by atoms with Gasteiger partial charge in [0.25, 0.3) is 5.91 Å². The van der Waals surface area contributed by atoms with Crippen LogP contribution in [-0.4, -0.2) is 64.6 Å². The zero-order chi connectivity index (χ0) is 24.2. The van der Waals surface area contributed by atoms with Crippen molar-refractivity contribution >= 4 is 38.2 Å². The van der Waals surface area contributed by atoms with Gasteiger partial charge in [-0.15, -0.1) is 11.3 Å². The fourth-order valence-electron chi connectivity index (χ4n) is 3.63. The van der Waals surface area contributed by atoms with Crippen LogP contribution < -0.4 is 10.1 Å². The number of nitrogens with zero attached hydrogens (tertiary/aromatic N) is 1. The van der Waals surface area contributed by atoms with E-state index in [1.807, 2.05) is 13.8 Å². The molecule has 11 heteroatoms. The van der Waals surface area contributed by atoms with Crippen LogP contribution in [0.25, 0.3) is 0 Å². The van der Waals surface area contributed by atoms with Gasteiger partial charge >= 0.3 is 5.97 Å². The van der Waals surface area contributed by atoms with E-state index in [0.29, 0.717) is 30.2 Å². The van der Waals surface area contributed by atoms with Crippen LogP contribution in [0.4, 0.5) is 5.00 Å². The van der Waals surface area contributed by atoms with Crippen LogP contribution in [-0.2, 0) is 25.9 Å². The minimum absolute atomic E-state index is 0.0956. The van der Waals surface area contributed by atoms with Gasteiger partial charge in [0.2, 0.25) is 10.0 Å². The normalized spacial score (nSPS) is 14.7. The van der Waals surface area contributed by atoms with Crippen LogP contribution in [0.2, 0.25) is 0 Å². The number of aryl methyl sites for hydroxylation is 1. The molecule has 1 aliphatic rings. The molecule has 180 valence electrons. The van der Waals surface area contributed by atoms with E-state index in [1.165, 1.54) is 41.0 Å². The summed E-state index contributed by atoms with van der Waals surface area (Å²) in [4.78, 5) is 26.4. The molecule has 0 aliphatic carbocycles. The lowest BCUT2D eigenvalue weighted by Gasteiger charge is -2.26. The van der Waals surface area contributed by atoms with Gasteiger partial charge in [-0.3, -0.25) is 4.79 Å². The molecule has 0 radical (unpaired) electrons. The number of morpholine rings is 1. The molecule has 0 bridgehead atoms. The van der Waals surface area contributed by atoms with E-state index < -0.39 is 21.9 Å². The van der Waals surface area contributed by atoms with Crippen LogP contribution in [0.15, 0.2) is 23.1 Å². The first-order chi connectivity index (χ1) is 15.7. The Labute approximate surface area is 197 Å². The Morgan fingerprint density at radius 2 is 1.91 bits per heavy atom. The number of thiophene rings is 1. The quantitative estimate of drug-likeness (QED) is 0.559. The molecule has 33 heavy (non-hydrogen) atoms. The number of carbonyl (C=O) groups excluding carboxylic acids is 2. The van der Waals surface area contributed by atoms with Gasteiger partial charge in [0.05, 0.1) is 32.5 Å². The van der Waals surface area contributed by atoms with Crippen LogP contribution in [0.5, 0.6) is 5.75 Å². The molecule has 1 fully saturated rings. The number of ether oxygens (including phenoxy) is 3. The SMILES string of the molecule is CCOC(=O)c1c(NC(=O)c2ccc(OC)c(S(=O)(=O)N3CCOCC3)c2)sc(C)c1CC. The predicted octanol–water partition coefficient (Wildman–Crippen LogP) is 3.08. The molecule has 0 unspecified atom stereocenters. The molecule has 0 atom stereocenters. The van der Waals surface area contributed by atoms with Crippen LogP contribution >= 0.6 is 11.3 Å². The number of rotatable bonds is 8. The van der Waals surface area contributed by atoms with Crippen molar-refractivity contribution in [3.8, 4) is 5.75 Å². The summed E-state index contributed by atoms with van der Waals surface area (Å²) in [6, 6.07) is 4.23. The number of carbonyl (C=O) groups is 2. The van der Waals surface area contributed by atoms with Gasteiger partial charge in [-0.1, -0.05) is 6.92 Å². The van der Waals surface area contributed by atoms with Gasteiger partial charge in [0.1, 0.15) is 15.6 Å². The Balaban J connectivity index is 1.96. The summed E-state index contributed by atoms with van der Waals surface area (Å²) in [5, 5.41) is 3.14. The highest BCUT2D eigenvalue weighted by Crippen LogP contribution is 2.35. The van der Waals surface area contributed by atoms with Gasteiger partial charge < -0.3 is 19.5 Å². The third-order valence-corrected chi connectivity index (χ3v) is 8.27.